The van der Waals surface area contributed by atoms with Gasteiger partial charge in [0.1, 0.15) is 11.3 Å². The molecule has 0 spiro atoms. The summed E-state index contributed by atoms with van der Waals surface area (Å²) in [5.41, 5.74) is 0.938. The molecule has 7 nitrogen and oxygen atoms in total. The zero-order valence-corrected chi connectivity index (χ0v) is 12.8. The van der Waals surface area contributed by atoms with E-state index in [4.69, 9.17) is 13.8 Å². The van der Waals surface area contributed by atoms with Gasteiger partial charge < -0.3 is 13.8 Å². The van der Waals surface area contributed by atoms with E-state index in [-0.39, 0.29) is 12.5 Å². The molecule has 0 aliphatic carbocycles. The maximum absolute atomic E-state index is 12.1. The Kier molecular flexibility index (Phi) is 4.01. The van der Waals surface area contributed by atoms with Gasteiger partial charge in [-0.15, -0.1) is 11.3 Å². The Morgan fingerprint density at radius 1 is 1.36 bits per heavy atom. The molecule has 0 atom stereocenters. The summed E-state index contributed by atoms with van der Waals surface area (Å²) < 4.78 is 15.3. The summed E-state index contributed by atoms with van der Waals surface area (Å²) in [4.78, 5) is 17.2. The summed E-state index contributed by atoms with van der Waals surface area (Å²) >= 11 is 1.51. The van der Waals surface area contributed by atoms with Gasteiger partial charge in [-0.3, -0.25) is 0 Å². The van der Waals surface area contributed by atoms with Gasteiger partial charge in [0.25, 0.3) is 5.89 Å². The van der Waals surface area contributed by atoms with Crippen molar-refractivity contribution in [1.82, 2.24) is 15.3 Å². The minimum Gasteiger partial charge on any atom is -0.452 e. The second-order valence-electron chi connectivity index (χ2n) is 4.48. The summed E-state index contributed by atoms with van der Waals surface area (Å²) in [6.45, 7) is 3.47. The molecule has 0 unspecified atom stereocenters. The fourth-order valence-corrected chi connectivity index (χ4v) is 2.59. The molecule has 3 heterocycles. The van der Waals surface area contributed by atoms with Gasteiger partial charge in [0.05, 0.1) is 10.6 Å². The van der Waals surface area contributed by atoms with Crippen LogP contribution in [0.1, 0.15) is 34.6 Å². The molecule has 0 radical (unpaired) electrons. The van der Waals surface area contributed by atoms with Crippen molar-refractivity contribution in [2.75, 3.05) is 0 Å². The van der Waals surface area contributed by atoms with Crippen molar-refractivity contribution in [3.8, 4) is 10.7 Å². The van der Waals surface area contributed by atoms with Crippen molar-refractivity contribution in [2.45, 2.75) is 26.9 Å². The van der Waals surface area contributed by atoms with Crippen LogP contribution < -0.4 is 0 Å². The van der Waals surface area contributed by atoms with Gasteiger partial charge in [-0.2, -0.15) is 4.98 Å². The molecule has 3 aromatic rings. The van der Waals surface area contributed by atoms with Crippen LogP contribution in [0.5, 0.6) is 0 Å². The number of esters is 1. The van der Waals surface area contributed by atoms with Crippen LogP contribution in [0.3, 0.4) is 0 Å². The van der Waals surface area contributed by atoms with Crippen molar-refractivity contribution in [2.24, 2.45) is 0 Å². The third-order valence-corrected chi connectivity index (χ3v) is 3.87. The van der Waals surface area contributed by atoms with Crippen LogP contribution in [0.15, 0.2) is 26.6 Å². The molecule has 0 aromatic carbocycles. The molecule has 0 N–H and O–H groups in total. The second-order valence-corrected chi connectivity index (χ2v) is 5.43. The molecule has 0 aliphatic rings. The van der Waals surface area contributed by atoms with Gasteiger partial charge in [-0.1, -0.05) is 23.3 Å². The first kappa shape index (κ1) is 14.5. The standard InChI is InChI=1S/C14H13N3O4S/c1-3-9-12(8(2)20-16-9)14(18)19-7-11-15-13(17-21-11)10-5-4-6-22-10/h4-6H,3,7H2,1-2H3. The molecule has 0 saturated carbocycles. The van der Waals surface area contributed by atoms with Crippen molar-refractivity contribution >= 4 is 17.3 Å². The van der Waals surface area contributed by atoms with E-state index in [9.17, 15) is 4.79 Å². The number of carbonyl (C=O) groups excluding carboxylic acids is 1. The lowest BCUT2D eigenvalue weighted by Crippen LogP contribution is -2.08. The first-order chi connectivity index (χ1) is 10.7. The van der Waals surface area contributed by atoms with E-state index in [0.29, 0.717) is 29.3 Å². The number of carbonyl (C=O) groups is 1. The highest BCUT2D eigenvalue weighted by atomic mass is 32.1. The fourth-order valence-electron chi connectivity index (χ4n) is 1.94. The number of hydrogen-bond donors (Lipinski definition) is 0. The van der Waals surface area contributed by atoms with Crippen LogP contribution in [-0.4, -0.2) is 21.3 Å². The SMILES string of the molecule is CCc1noc(C)c1C(=O)OCc1nc(-c2cccs2)no1. The Hall–Kier alpha value is -2.48. The van der Waals surface area contributed by atoms with Crippen LogP contribution in [0, 0.1) is 6.92 Å². The number of aryl methyl sites for hydroxylation is 2. The van der Waals surface area contributed by atoms with E-state index in [1.807, 2.05) is 24.4 Å². The molecule has 0 bridgehead atoms. The lowest BCUT2D eigenvalue weighted by Gasteiger charge is -2.01. The molecule has 0 amide bonds. The van der Waals surface area contributed by atoms with E-state index in [1.165, 1.54) is 11.3 Å². The molecule has 0 fully saturated rings. The number of hydrogen-bond acceptors (Lipinski definition) is 8. The Morgan fingerprint density at radius 2 is 2.23 bits per heavy atom. The molecule has 8 heteroatoms. The number of aromatic nitrogens is 3. The van der Waals surface area contributed by atoms with E-state index in [0.717, 1.165) is 4.88 Å². The average molecular weight is 319 g/mol. The minimum atomic E-state index is -0.508. The first-order valence-corrected chi connectivity index (χ1v) is 7.55. The maximum atomic E-state index is 12.1. The molecule has 114 valence electrons. The molecule has 3 rings (SSSR count). The van der Waals surface area contributed by atoms with Gasteiger partial charge >= 0.3 is 5.97 Å². The lowest BCUT2D eigenvalue weighted by molar-refractivity contribution is 0.0426. The smallest absolute Gasteiger partial charge is 0.344 e. The molecular weight excluding hydrogens is 306 g/mol. The largest absolute Gasteiger partial charge is 0.452 e. The lowest BCUT2D eigenvalue weighted by atomic mass is 10.1. The van der Waals surface area contributed by atoms with E-state index < -0.39 is 5.97 Å². The second kappa shape index (κ2) is 6.10. The highest BCUT2D eigenvalue weighted by molar-refractivity contribution is 7.13. The summed E-state index contributed by atoms with van der Waals surface area (Å²) in [6.07, 6.45) is 0.588. The van der Waals surface area contributed by atoms with Crippen molar-refractivity contribution in [1.29, 1.82) is 0 Å². The molecular formula is C14H13N3O4S. The predicted molar refractivity (Wildman–Crippen MR) is 77.3 cm³/mol. The average Bonchev–Trinajstić information content (AvgIpc) is 3.24. The van der Waals surface area contributed by atoms with Gasteiger partial charge in [-0.25, -0.2) is 4.79 Å². The summed E-state index contributed by atoms with van der Waals surface area (Å²) in [7, 11) is 0. The number of nitrogens with zero attached hydrogens (tertiary/aromatic N) is 3. The van der Waals surface area contributed by atoms with Crippen LogP contribution in [-0.2, 0) is 17.8 Å². The highest BCUT2D eigenvalue weighted by Gasteiger charge is 2.21. The van der Waals surface area contributed by atoms with Crippen molar-refractivity contribution < 1.29 is 18.6 Å². The normalized spacial score (nSPS) is 10.8. The zero-order chi connectivity index (χ0) is 15.5. The topological polar surface area (TPSA) is 91.2 Å². The number of ether oxygens (including phenoxy) is 1. The Morgan fingerprint density at radius 3 is 2.95 bits per heavy atom. The predicted octanol–water partition coefficient (Wildman–Crippen LogP) is 3.01. The first-order valence-electron chi connectivity index (χ1n) is 6.67. The van der Waals surface area contributed by atoms with Crippen LogP contribution in [0.2, 0.25) is 0 Å². The maximum Gasteiger partial charge on any atom is 0.344 e. The number of rotatable bonds is 5. The van der Waals surface area contributed by atoms with E-state index >= 15 is 0 Å². The van der Waals surface area contributed by atoms with Gasteiger partial charge in [0.2, 0.25) is 5.82 Å². The zero-order valence-electron chi connectivity index (χ0n) is 12.0. The quantitative estimate of drug-likeness (QED) is 0.667. The molecule has 3 aromatic heterocycles. The van der Waals surface area contributed by atoms with Crippen LogP contribution in [0.25, 0.3) is 10.7 Å². The monoisotopic (exact) mass is 319 g/mol. The molecule has 0 aliphatic heterocycles. The van der Waals surface area contributed by atoms with Gasteiger partial charge in [0.15, 0.2) is 6.61 Å². The fraction of sp³-hybridized carbons (Fsp3) is 0.286. The third kappa shape index (κ3) is 2.77. The van der Waals surface area contributed by atoms with Crippen molar-refractivity contribution in [3.63, 3.8) is 0 Å². The highest BCUT2D eigenvalue weighted by Crippen LogP contribution is 2.22. The Labute approximate surface area is 129 Å². The third-order valence-electron chi connectivity index (χ3n) is 3.01. The van der Waals surface area contributed by atoms with E-state index in [2.05, 4.69) is 15.3 Å². The Balaban J connectivity index is 1.68. The van der Waals surface area contributed by atoms with Gasteiger partial charge in [0, 0.05) is 0 Å². The van der Waals surface area contributed by atoms with Gasteiger partial charge in [-0.05, 0) is 24.8 Å². The van der Waals surface area contributed by atoms with E-state index in [1.54, 1.807) is 6.92 Å². The van der Waals surface area contributed by atoms with Crippen LogP contribution >= 0.6 is 11.3 Å². The molecule has 22 heavy (non-hydrogen) atoms. The summed E-state index contributed by atoms with van der Waals surface area (Å²) in [6, 6.07) is 3.79. The molecule has 0 saturated heterocycles. The number of thiophene rings is 1. The van der Waals surface area contributed by atoms with Crippen molar-refractivity contribution in [3.05, 3.63) is 40.4 Å². The summed E-state index contributed by atoms with van der Waals surface area (Å²) in [5.74, 6) is 0.651. The Bertz CT molecular complexity index is 776. The minimum absolute atomic E-state index is 0.0923. The summed E-state index contributed by atoms with van der Waals surface area (Å²) in [5, 5.41) is 9.60. The van der Waals surface area contributed by atoms with Crippen LogP contribution in [0.4, 0.5) is 0 Å².